The van der Waals surface area contributed by atoms with Gasteiger partial charge in [-0.15, -0.1) is 0 Å². The lowest BCUT2D eigenvalue weighted by Gasteiger charge is -2.33. The maximum absolute atomic E-state index is 12.9. The molecule has 2 amide bonds. The largest absolute Gasteiger partial charge is 0.377 e. The van der Waals surface area contributed by atoms with Crippen LogP contribution >= 0.6 is 0 Å². The van der Waals surface area contributed by atoms with Crippen molar-refractivity contribution in [1.82, 2.24) is 4.90 Å². The fourth-order valence-corrected chi connectivity index (χ4v) is 3.84. The number of benzene rings is 2. The van der Waals surface area contributed by atoms with Crippen LogP contribution in [0.15, 0.2) is 54.6 Å². The number of amides is 2. The van der Waals surface area contributed by atoms with Gasteiger partial charge in [-0.2, -0.15) is 0 Å². The summed E-state index contributed by atoms with van der Waals surface area (Å²) in [5.74, 6) is 0.339. The lowest BCUT2D eigenvalue weighted by molar-refractivity contribution is -0.118. The molecule has 1 aliphatic carbocycles. The van der Waals surface area contributed by atoms with Crippen LogP contribution in [0, 0.1) is 5.92 Å². The van der Waals surface area contributed by atoms with Gasteiger partial charge in [-0.3, -0.25) is 9.59 Å². The van der Waals surface area contributed by atoms with Crippen molar-refractivity contribution in [3.8, 4) is 0 Å². The van der Waals surface area contributed by atoms with Crippen LogP contribution in [0.4, 0.5) is 5.69 Å². The summed E-state index contributed by atoms with van der Waals surface area (Å²) in [6, 6.07) is 17.2. The molecule has 1 saturated carbocycles. The Morgan fingerprint density at radius 1 is 1.07 bits per heavy atom. The van der Waals surface area contributed by atoms with Crippen molar-refractivity contribution in [2.75, 3.05) is 25.1 Å². The van der Waals surface area contributed by atoms with Crippen LogP contribution in [0.5, 0.6) is 0 Å². The van der Waals surface area contributed by atoms with Gasteiger partial charge in [-0.1, -0.05) is 30.3 Å². The van der Waals surface area contributed by atoms with E-state index >= 15 is 0 Å². The molecule has 5 heteroatoms. The van der Waals surface area contributed by atoms with Gasteiger partial charge in [-0.05, 0) is 55.5 Å². The minimum Gasteiger partial charge on any atom is -0.377 e. The maximum atomic E-state index is 12.9. The Morgan fingerprint density at radius 2 is 1.79 bits per heavy atom. The summed E-state index contributed by atoms with van der Waals surface area (Å²) in [5.41, 5.74) is 2.42. The molecule has 2 aromatic rings. The van der Waals surface area contributed by atoms with Crippen LogP contribution in [0.25, 0.3) is 0 Å². The number of anilines is 1. The van der Waals surface area contributed by atoms with Gasteiger partial charge in [0.2, 0.25) is 5.91 Å². The van der Waals surface area contributed by atoms with E-state index in [1.165, 1.54) is 0 Å². The third-order valence-electron chi connectivity index (χ3n) is 5.56. The highest BCUT2D eigenvalue weighted by atomic mass is 16.5. The van der Waals surface area contributed by atoms with E-state index in [4.69, 9.17) is 4.74 Å². The van der Waals surface area contributed by atoms with E-state index in [0.29, 0.717) is 31.2 Å². The quantitative estimate of drug-likeness (QED) is 0.863. The molecule has 5 nitrogen and oxygen atoms in total. The number of nitrogens with one attached hydrogen (secondary N) is 1. The van der Waals surface area contributed by atoms with Crippen molar-refractivity contribution in [1.29, 1.82) is 0 Å². The van der Waals surface area contributed by atoms with Gasteiger partial charge in [0.1, 0.15) is 0 Å². The second-order valence-corrected chi connectivity index (χ2v) is 7.71. The summed E-state index contributed by atoms with van der Waals surface area (Å²) in [6.07, 6.45) is 2.19. The molecule has 2 unspecified atom stereocenters. The monoisotopic (exact) mass is 378 g/mol. The Morgan fingerprint density at radius 3 is 2.43 bits per heavy atom. The normalized spacial score (nSPS) is 20.5. The molecule has 146 valence electrons. The summed E-state index contributed by atoms with van der Waals surface area (Å²) in [6.45, 7) is 3.75. The summed E-state index contributed by atoms with van der Waals surface area (Å²) < 4.78 is 5.40. The van der Waals surface area contributed by atoms with E-state index in [1.807, 2.05) is 54.3 Å². The number of hydrogen-bond acceptors (Lipinski definition) is 3. The van der Waals surface area contributed by atoms with E-state index in [9.17, 15) is 9.59 Å². The zero-order valence-corrected chi connectivity index (χ0v) is 16.1. The highest BCUT2D eigenvalue weighted by Gasteiger charge is 2.37. The Bertz CT molecular complexity index is 831. The highest BCUT2D eigenvalue weighted by molar-refractivity contribution is 5.98. The minimum atomic E-state index is -0.114. The first kappa shape index (κ1) is 18.7. The molecule has 1 N–H and O–H groups in total. The van der Waals surface area contributed by atoms with Gasteiger partial charge >= 0.3 is 0 Å². The number of nitrogens with zero attached hydrogens (tertiary/aromatic N) is 1. The van der Waals surface area contributed by atoms with E-state index < -0.39 is 0 Å². The Hall–Kier alpha value is -2.66. The lowest BCUT2D eigenvalue weighted by atomic mass is 9.93. The Labute approximate surface area is 165 Å². The van der Waals surface area contributed by atoms with Crippen LogP contribution in [0.3, 0.4) is 0 Å². The Kier molecular flexibility index (Phi) is 5.44. The van der Waals surface area contributed by atoms with Crippen molar-refractivity contribution in [2.24, 2.45) is 5.92 Å². The molecule has 2 atom stereocenters. The van der Waals surface area contributed by atoms with Crippen LogP contribution in [-0.4, -0.2) is 42.5 Å². The summed E-state index contributed by atoms with van der Waals surface area (Å²) in [5, 5.41) is 3.03. The maximum Gasteiger partial charge on any atom is 0.254 e. The van der Waals surface area contributed by atoms with E-state index in [-0.39, 0.29) is 23.8 Å². The lowest BCUT2D eigenvalue weighted by Crippen LogP contribution is -2.47. The number of hydrogen-bond donors (Lipinski definition) is 1. The zero-order chi connectivity index (χ0) is 19.5. The molecule has 2 fully saturated rings. The molecule has 4 rings (SSSR count). The molecule has 0 aromatic heterocycles. The molecule has 0 radical (unpaired) electrons. The topological polar surface area (TPSA) is 58.6 Å². The fraction of sp³-hybridized carbons (Fsp3) is 0.391. The summed E-state index contributed by atoms with van der Waals surface area (Å²) in [7, 11) is 0. The minimum absolute atomic E-state index is 0.00817. The number of rotatable bonds is 5. The van der Waals surface area contributed by atoms with Crippen molar-refractivity contribution in [2.45, 2.75) is 31.7 Å². The molecular formula is C23H26N2O3. The van der Waals surface area contributed by atoms with Crippen LogP contribution in [0.2, 0.25) is 0 Å². The van der Waals surface area contributed by atoms with Crippen molar-refractivity contribution < 1.29 is 14.3 Å². The fourth-order valence-electron chi connectivity index (χ4n) is 3.84. The molecule has 2 aliphatic rings. The van der Waals surface area contributed by atoms with Gasteiger partial charge < -0.3 is 15.0 Å². The standard InChI is InChI=1S/C23H26N2O3/c1-16-15-28-14-13-25(16)23(27)19-9-11-20(12-10-19)24-22(26)21(18-7-8-18)17-5-3-2-4-6-17/h2-6,9-12,16,18,21H,7-8,13-15H2,1H3,(H,24,26). The second kappa shape index (κ2) is 8.15. The highest BCUT2D eigenvalue weighted by Crippen LogP contribution is 2.43. The second-order valence-electron chi connectivity index (χ2n) is 7.71. The molecule has 1 saturated heterocycles. The molecule has 1 aliphatic heterocycles. The zero-order valence-electron chi connectivity index (χ0n) is 16.1. The van der Waals surface area contributed by atoms with E-state index in [0.717, 1.165) is 24.1 Å². The third-order valence-corrected chi connectivity index (χ3v) is 5.56. The molecule has 0 spiro atoms. The first-order valence-corrected chi connectivity index (χ1v) is 9.98. The van der Waals surface area contributed by atoms with Gasteiger partial charge in [0.25, 0.3) is 5.91 Å². The number of ether oxygens (including phenoxy) is 1. The number of carbonyl (C=O) groups is 2. The van der Waals surface area contributed by atoms with Gasteiger partial charge in [0.15, 0.2) is 0 Å². The SMILES string of the molecule is CC1COCCN1C(=O)c1ccc(NC(=O)C(c2ccccc2)C2CC2)cc1. The molecule has 28 heavy (non-hydrogen) atoms. The van der Waals surface area contributed by atoms with Crippen molar-refractivity contribution in [3.05, 3.63) is 65.7 Å². The first-order chi connectivity index (χ1) is 13.6. The first-order valence-electron chi connectivity index (χ1n) is 9.98. The van der Waals surface area contributed by atoms with Gasteiger partial charge in [-0.25, -0.2) is 0 Å². The molecule has 0 bridgehead atoms. The van der Waals surface area contributed by atoms with E-state index in [1.54, 1.807) is 12.1 Å². The third kappa shape index (κ3) is 4.09. The summed E-state index contributed by atoms with van der Waals surface area (Å²) in [4.78, 5) is 27.5. The molecule has 2 aromatic carbocycles. The smallest absolute Gasteiger partial charge is 0.254 e. The van der Waals surface area contributed by atoms with E-state index in [2.05, 4.69) is 5.32 Å². The van der Waals surface area contributed by atoms with Crippen LogP contribution in [-0.2, 0) is 9.53 Å². The number of carbonyl (C=O) groups excluding carboxylic acids is 2. The van der Waals surface area contributed by atoms with Gasteiger partial charge in [0.05, 0.1) is 25.2 Å². The molecule has 1 heterocycles. The Balaban J connectivity index is 1.44. The summed E-state index contributed by atoms with van der Waals surface area (Å²) >= 11 is 0. The van der Waals surface area contributed by atoms with Crippen molar-refractivity contribution in [3.63, 3.8) is 0 Å². The predicted octanol–water partition coefficient (Wildman–Crippen LogP) is 3.68. The average Bonchev–Trinajstić information content (AvgIpc) is 3.54. The predicted molar refractivity (Wildman–Crippen MR) is 108 cm³/mol. The average molecular weight is 378 g/mol. The number of morpholine rings is 1. The van der Waals surface area contributed by atoms with Crippen LogP contribution < -0.4 is 5.32 Å². The van der Waals surface area contributed by atoms with Crippen LogP contribution in [0.1, 0.15) is 41.6 Å². The van der Waals surface area contributed by atoms with Crippen molar-refractivity contribution >= 4 is 17.5 Å². The molecular weight excluding hydrogens is 352 g/mol. The van der Waals surface area contributed by atoms with Gasteiger partial charge in [0, 0.05) is 17.8 Å².